The molecule has 0 unspecified atom stereocenters. The first-order valence-electron chi connectivity index (χ1n) is 8.62. The third-order valence-corrected chi connectivity index (χ3v) is 4.31. The van der Waals surface area contributed by atoms with Crippen molar-refractivity contribution in [1.29, 1.82) is 0 Å². The fourth-order valence-corrected chi connectivity index (χ4v) is 2.60. The van der Waals surface area contributed by atoms with E-state index in [-0.39, 0.29) is 5.91 Å². The summed E-state index contributed by atoms with van der Waals surface area (Å²) >= 11 is 0. The van der Waals surface area contributed by atoms with Crippen LogP contribution >= 0.6 is 0 Å². The highest BCUT2D eigenvalue weighted by atomic mass is 16.1. The van der Waals surface area contributed by atoms with Crippen molar-refractivity contribution < 1.29 is 4.79 Å². The molecule has 2 aromatic carbocycles. The van der Waals surface area contributed by atoms with Crippen LogP contribution in [0.15, 0.2) is 60.7 Å². The summed E-state index contributed by atoms with van der Waals surface area (Å²) in [6.45, 7) is 4.75. The van der Waals surface area contributed by atoms with Gasteiger partial charge in [0.05, 0.1) is 0 Å². The van der Waals surface area contributed by atoms with E-state index in [1.54, 1.807) is 12.1 Å². The quantitative estimate of drug-likeness (QED) is 0.708. The molecular formula is C21H22N4O. The summed E-state index contributed by atoms with van der Waals surface area (Å²) in [7, 11) is 0. The molecule has 1 amide bonds. The lowest BCUT2D eigenvalue weighted by Gasteiger charge is -2.10. The number of aryl methyl sites for hydroxylation is 1. The van der Waals surface area contributed by atoms with E-state index in [0.717, 1.165) is 29.8 Å². The summed E-state index contributed by atoms with van der Waals surface area (Å²) in [5.74, 6) is 0.395. The Bertz CT molecular complexity index is 876. The molecule has 26 heavy (non-hydrogen) atoms. The highest BCUT2D eigenvalue weighted by Crippen LogP contribution is 2.18. The van der Waals surface area contributed by atoms with Crippen molar-refractivity contribution in [3.05, 3.63) is 83.0 Å². The monoisotopic (exact) mass is 346 g/mol. The Labute approximate surface area is 153 Å². The molecule has 0 aliphatic heterocycles. The molecule has 3 aromatic rings. The zero-order valence-corrected chi connectivity index (χ0v) is 15.0. The molecule has 0 spiro atoms. The second-order valence-corrected chi connectivity index (χ2v) is 6.17. The highest BCUT2D eigenvalue weighted by Gasteiger charge is 2.10. The number of hydrogen-bond donors (Lipinski definition) is 2. The number of benzene rings is 2. The van der Waals surface area contributed by atoms with Crippen LogP contribution in [-0.4, -0.2) is 22.6 Å². The van der Waals surface area contributed by atoms with E-state index in [1.165, 1.54) is 5.56 Å². The minimum absolute atomic E-state index is 0.262. The number of hydrogen-bond acceptors (Lipinski definition) is 4. The van der Waals surface area contributed by atoms with Gasteiger partial charge in [-0.3, -0.25) is 4.79 Å². The molecule has 0 fully saturated rings. The Kier molecular flexibility index (Phi) is 5.59. The number of aromatic nitrogens is 2. The predicted octanol–water partition coefficient (Wildman–Crippen LogP) is 4.00. The second kappa shape index (κ2) is 8.25. The molecule has 0 bridgehead atoms. The van der Waals surface area contributed by atoms with Crippen molar-refractivity contribution in [3.8, 4) is 0 Å². The Morgan fingerprint density at radius 3 is 2.46 bits per heavy atom. The second-order valence-electron chi connectivity index (χ2n) is 6.17. The summed E-state index contributed by atoms with van der Waals surface area (Å²) in [6, 6.07) is 19.5. The topological polar surface area (TPSA) is 66.9 Å². The maximum Gasteiger partial charge on any atom is 0.276 e. The fraction of sp³-hybridized carbons (Fsp3) is 0.190. The van der Waals surface area contributed by atoms with Crippen molar-refractivity contribution in [2.24, 2.45) is 0 Å². The van der Waals surface area contributed by atoms with E-state index >= 15 is 0 Å². The van der Waals surface area contributed by atoms with Crippen LogP contribution in [0.4, 0.5) is 11.5 Å². The maximum absolute atomic E-state index is 12.4. The molecular weight excluding hydrogens is 324 g/mol. The summed E-state index contributed by atoms with van der Waals surface area (Å²) in [5, 5.41) is 14.2. The summed E-state index contributed by atoms with van der Waals surface area (Å²) in [6.07, 6.45) is 0.900. The van der Waals surface area contributed by atoms with Gasteiger partial charge in [-0.15, -0.1) is 10.2 Å². The van der Waals surface area contributed by atoms with E-state index in [2.05, 4.69) is 33.0 Å². The van der Waals surface area contributed by atoms with Crippen LogP contribution in [0.25, 0.3) is 0 Å². The Balaban J connectivity index is 1.56. The molecule has 5 heteroatoms. The third kappa shape index (κ3) is 4.45. The standard InChI is InChI=1S/C21H22N4O/c1-15-7-6-10-18(16(15)2)23-21(26)19-11-12-20(25-24-19)22-14-13-17-8-4-3-5-9-17/h3-12H,13-14H2,1-2H3,(H,22,25)(H,23,26). The average Bonchev–Trinajstić information content (AvgIpc) is 2.67. The molecule has 0 saturated heterocycles. The van der Waals surface area contributed by atoms with E-state index in [4.69, 9.17) is 0 Å². The van der Waals surface area contributed by atoms with Crippen LogP contribution in [0.2, 0.25) is 0 Å². The summed E-state index contributed by atoms with van der Waals surface area (Å²) in [4.78, 5) is 12.4. The molecule has 132 valence electrons. The number of nitrogens with one attached hydrogen (secondary N) is 2. The molecule has 2 N–H and O–H groups in total. The summed E-state index contributed by atoms with van der Waals surface area (Å²) in [5.41, 5.74) is 4.53. The largest absolute Gasteiger partial charge is 0.368 e. The normalized spacial score (nSPS) is 10.4. The van der Waals surface area contributed by atoms with E-state index in [9.17, 15) is 4.79 Å². The van der Waals surface area contributed by atoms with Gasteiger partial charge in [-0.25, -0.2) is 0 Å². The Morgan fingerprint density at radius 2 is 1.73 bits per heavy atom. The zero-order valence-electron chi connectivity index (χ0n) is 15.0. The van der Waals surface area contributed by atoms with Gasteiger partial charge in [0.2, 0.25) is 0 Å². The summed E-state index contributed by atoms with van der Waals surface area (Å²) < 4.78 is 0. The van der Waals surface area contributed by atoms with Gasteiger partial charge < -0.3 is 10.6 Å². The Hall–Kier alpha value is -3.21. The zero-order chi connectivity index (χ0) is 18.4. The number of nitrogens with zero attached hydrogens (tertiary/aromatic N) is 2. The molecule has 1 heterocycles. The first-order valence-corrected chi connectivity index (χ1v) is 8.62. The van der Waals surface area contributed by atoms with Gasteiger partial charge >= 0.3 is 0 Å². The molecule has 3 rings (SSSR count). The van der Waals surface area contributed by atoms with Gasteiger partial charge in [-0.05, 0) is 55.2 Å². The Morgan fingerprint density at radius 1 is 0.923 bits per heavy atom. The molecule has 0 saturated carbocycles. The van der Waals surface area contributed by atoms with E-state index in [0.29, 0.717) is 11.5 Å². The van der Waals surface area contributed by atoms with Gasteiger partial charge in [0.1, 0.15) is 5.82 Å². The lowest BCUT2D eigenvalue weighted by molar-refractivity contribution is 0.102. The number of rotatable bonds is 6. The first-order chi connectivity index (χ1) is 12.6. The minimum atomic E-state index is -0.262. The smallest absolute Gasteiger partial charge is 0.276 e. The predicted molar refractivity (Wildman–Crippen MR) is 105 cm³/mol. The fourth-order valence-electron chi connectivity index (χ4n) is 2.60. The molecule has 0 aliphatic carbocycles. The SMILES string of the molecule is Cc1cccc(NC(=O)c2ccc(NCCc3ccccc3)nn2)c1C. The van der Waals surface area contributed by atoms with Gasteiger partial charge in [0.25, 0.3) is 5.91 Å². The van der Waals surface area contributed by atoms with E-state index in [1.807, 2.05) is 50.2 Å². The number of carbonyl (C=O) groups excluding carboxylic acids is 1. The molecule has 0 atom stereocenters. The minimum Gasteiger partial charge on any atom is -0.368 e. The molecule has 5 nitrogen and oxygen atoms in total. The van der Waals surface area contributed by atoms with Gasteiger partial charge in [-0.2, -0.15) is 0 Å². The lowest BCUT2D eigenvalue weighted by Crippen LogP contribution is -2.16. The number of carbonyl (C=O) groups is 1. The van der Waals surface area contributed by atoms with Gasteiger partial charge in [0, 0.05) is 12.2 Å². The van der Waals surface area contributed by atoms with E-state index < -0.39 is 0 Å². The number of anilines is 2. The van der Waals surface area contributed by atoms with Crippen LogP contribution in [0.3, 0.4) is 0 Å². The lowest BCUT2D eigenvalue weighted by atomic mass is 10.1. The molecule has 0 aliphatic rings. The molecule has 1 aromatic heterocycles. The van der Waals surface area contributed by atoms with Crippen LogP contribution in [0, 0.1) is 13.8 Å². The van der Waals surface area contributed by atoms with Crippen LogP contribution in [-0.2, 0) is 6.42 Å². The number of amides is 1. The highest BCUT2D eigenvalue weighted by molar-refractivity contribution is 6.03. The average molecular weight is 346 g/mol. The molecule has 0 radical (unpaired) electrons. The van der Waals surface area contributed by atoms with Gasteiger partial charge in [-0.1, -0.05) is 42.5 Å². The third-order valence-electron chi connectivity index (χ3n) is 4.31. The van der Waals surface area contributed by atoms with Crippen molar-refractivity contribution in [2.45, 2.75) is 20.3 Å². The van der Waals surface area contributed by atoms with Gasteiger partial charge in [0.15, 0.2) is 5.69 Å². The first kappa shape index (κ1) is 17.6. The van der Waals surface area contributed by atoms with Crippen molar-refractivity contribution in [3.63, 3.8) is 0 Å². The maximum atomic E-state index is 12.4. The van der Waals surface area contributed by atoms with Crippen LogP contribution in [0.1, 0.15) is 27.2 Å². The van der Waals surface area contributed by atoms with Crippen molar-refractivity contribution in [2.75, 3.05) is 17.2 Å². The van der Waals surface area contributed by atoms with Crippen molar-refractivity contribution >= 4 is 17.4 Å². The van der Waals surface area contributed by atoms with Crippen molar-refractivity contribution in [1.82, 2.24) is 10.2 Å². The van der Waals surface area contributed by atoms with Crippen LogP contribution < -0.4 is 10.6 Å². The van der Waals surface area contributed by atoms with Crippen LogP contribution in [0.5, 0.6) is 0 Å².